The van der Waals surface area contributed by atoms with Crippen LogP contribution in [0.25, 0.3) is 22.2 Å². The van der Waals surface area contributed by atoms with Gasteiger partial charge in [0.05, 0.1) is 12.3 Å². The number of methoxy groups -OCH3 is 1. The summed E-state index contributed by atoms with van der Waals surface area (Å²) in [5.41, 5.74) is 4.08. The lowest BCUT2D eigenvalue weighted by Crippen LogP contribution is -2.27. The van der Waals surface area contributed by atoms with E-state index in [0.29, 0.717) is 24.3 Å². The second-order valence-corrected chi connectivity index (χ2v) is 6.17. The quantitative estimate of drug-likeness (QED) is 0.340. The van der Waals surface area contributed by atoms with Crippen LogP contribution in [0.3, 0.4) is 0 Å². The molecule has 0 aliphatic carbocycles. The normalized spacial score (nSPS) is 11.4. The molecule has 0 aliphatic heterocycles. The first-order valence-electron chi connectivity index (χ1n) is 8.95. The molecule has 1 amide bonds. The smallest absolute Gasteiger partial charge is 0.251 e. The van der Waals surface area contributed by atoms with Gasteiger partial charge < -0.3 is 25.8 Å². The highest BCUT2D eigenvalue weighted by Gasteiger charge is 2.09. The van der Waals surface area contributed by atoms with Crippen LogP contribution in [-0.4, -0.2) is 48.9 Å². The molecule has 0 fully saturated rings. The number of aromatic nitrogens is 2. The van der Waals surface area contributed by atoms with Gasteiger partial charge in [-0.15, -0.1) is 0 Å². The van der Waals surface area contributed by atoms with E-state index >= 15 is 0 Å². The lowest BCUT2D eigenvalue weighted by Gasteiger charge is -2.08. The zero-order valence-corrected chi connectivity index (χ0v) is 15.7. The van der Waals surface area contributed by atoms with Gasteiger partial charge in [0.1, 0.15) is 0 Å². The minimum Gasteiger partial charge on any atom is -0.388 e. The van der Waals surface area contributed by atoms with Crippen molar-refractivity contribution in [1.82, 2.24) is 20.6 Å². The third kappa shape index (κ3) is 4.63. The SMILES string of the molecule is COCCN/C=C(\C=N)CNC(=O)c1ccc(-c2nccc3[nH]ccc23)cc1. The second kappa shape index (κ2) is 9.48. The number of amides is 1. The summed E-state index contributed by atoms with van der Waals surface area (Å²) in [5, 5.41) is 14.3. The molecule has 3 rings (SSSR count). The summed E-state index contributed by atoms with van der Waals surface area (Å²) in [4.78, 5) is 20.0. The zero-order valence-electron chi connectivity index (χ0n) is 15.7. The van der Waals surface area contributed by atoms with Crippen molar-refractivity contribution in [2.24, 2.45) is 0 Å². The summed E-state index contributed by atoms with van der Waals surface area (Å²) >= 11 is 0. The number of nitrogens with one attached hydrogen (secondary N) is 4. The summed E-state index contributed by atoms with van der Waals surface area (Å²) in [6.07, 6.45) is 6.57. The van der Waals surface area contributed by atoms with Crippen LogP contribution < -0.4 is 10.6 Å². The summed E-state index contributed by atoms with van der Waals surface area (Å²) in [5.74, 6) is -0.191. The first-order chi connectivity index (χ1) is 13.7. The minimum absolute atomic E-state index is 0.191. The number of ether oxygens (including phenoxy) is 1. The molecule has 28 heavy (non-hydrogen) atoms. The van der Waals surface area contributed by atoms with E-state index in [0.717, 1.165) is 22.2 Å². The Morgan fingerprint density at radius 3 is 2.82 bits per heavy atom. The third-order valence-corrected chi connectivity index (χ3v) is 4.28. The van der Waals surface area contributed by atoms with E-state index in [9.17, 15) is 4.79 Å². The van der Waals surface area contributed by atoms with Crippen LogP contribution in [0.1, 0.15) is 10.4 Å². The summed E-state index contributed by atoms with van der Waals surface area (Å²) < 4.78 is 4.95. The van der Waals surface area contributed by atoms with Gasteiger partial charge in [0.25, 0.3) is 5.91 Å². The molecule has 0 unspecified atom stereocenters. The molecule has 0 saturated heterocycles. The highest BCUT2D eigenvalue weighted by Crippen LogP contribution is 2.25. The molecule has 2 heterocycles. The molecular weight excluding hydrogens is 354 g/mol. The van der Waals surface area contributed by atoms with Crippen LogP contribution in [0.5, 0.6) is 0 Å². The first kappa shape index (κ1) is 19.3. The molecule has 2 aromatic heterocycles. The average Bonchev–Trinajstić information content (AvgIpc) is 3.22. The number of fused-ring (bicyclic) bond motifs is 1. The Bertz CT molecular complexity index is 976. The molecule has 0 bridgehead atoms. The largest absolute Gasteiger partial charge is 0.388 e. The predicted octanol–water partition coefficient (Wildman–Crippen LogP) is 2.73. The maximum Gasteiger partial charge on any atom is 0.251 e. The molecule has 144 valence electrons. The van der Waals surface area contributed by atoms with Gasteiger partial charge in [-0.2, -0.15) is 0 Å². The van der Waals surface area contributed by atoms with E-state index in [-0.39, 0.29) is 12.5 Å². The van der Waals surface area contributed by atoms with Gasteiger partial charge in [0, 0.05) is 72.6 Å². The monoisotopic (exact) mass is 377 g/mol. The van der Waals surface area contributed by atoms with Gasteiger partial charge in [-0.25, -0.2) is 0 Å². The van der Waals surface area contributed by atoms with Crippen molar-refractivity contribution in [3.8, 4) is 11.3 Å². The van der Waals surface area contributed by atoms with Gasteiger partial charge in [-0.05, 0) is 24.3 Å². The van der Waals surface area contributed by atoms with Gasteiger partial charge in [0.2, 0.25) is 0 Å². The fourth-order valence-corrected chi connectivity index (χ4v) is 2.78. The average molecular weight is 377 g/mol. The number of rotatable bonds is 9. The van der Waals surface area contributed by atoms with Gasteiger partial charge in [-0.1, -0.05) is 12.1 Å². The number of pyridine rings is 1. The number of H-pyrrole nitrogens is 1. The van der Waals surface area contributed by atoms with Crippen molar-refractivity contribution >= 4 is 23.0 Å². The van der Waals surface area contributed by atoms with Crippen LogP contribution in [0.2, 0.25) is 0 Å². The topological polar surface area (TPSA) is 103 Å². The van der Waals surface area contributed by atoms with Crippen molar-refractivity contribution in [2.75, 3.05) is 26.8 Å². The molecule has 0 atom stereocenters. The van der Waals surface area contributed by atoms with Crippen LogP contribution in [-0.2, 0) is 4.74 Å². The van der Waals surface area contributed by atoms with E-state index < -0.39 is 0 Å². The fourth-order valence-electron chi connectivity index (χ4n) is 2.78. The van der Waals surface area contributed by atoms with E-state index in [4.69, 9.17) is 10.1 Å². The lowest BCUT2D eigenvalue weighted by molar-refractivity contribution is 0.0957. The van der Waals surface area contributed by atoms with E-state index in [1.54, 1.807) is 31.6 Å². The maximum atomic E-state index is 12.4. The van der Waals surface area contributed by atoms with Crippen molar-refractivity contribution in [2.45, 2.75) is 0 Å². The number of hydrogen-bond donors (Lipinski definition) is 4. The molecule has 0 saturated carbocycles. The van der Waals surface area contributed by atoms with Crippen LogP contribution in [0, 0.1) is 5.41 Å². The van der Waals surface area contributed by atoms with Crippen molar-refractivity contribution in [1.29, 1.82) is 5.41 Å². The fraction of sp³-hybridized carbons (Fsp3) is 0.190. The highest BCUT2D eigenvalue weighted by molar-refractivity contribution is 5.97. The molecule has 4 N–H and O–H groups in total. The molecule has 1 aromatic carbocycles. The Hall–Kier alpha value is -3.45. The molecule has 7 heteroatoms. The Morgan fingerprint density at radius 2 is 2.07 bits per heavy atom. The van der Waals surface area contributed by atoms with Gasteiger partial charge in [0.15, 0.2) is 0 Å². The number of nitrogens with zero attached hydrogens (tertiary/aromatic N) is 1. The molecule has 3 aromatic rings. The van der Waals surface area contributed by atoms with Gasteiger partial charge >= 0.3 is 0 Å². The third-order valence-electron chi connectivity index (χ3n) is 4.28. The highest BCUT2D eigenvalue weighted by atomic mass is 16.5. The molecular formula is C21H23N5O2. The Labute approximate surface area is 163 Å². The summed E-state index contributed by atoms with van der Waals surface area (Å²) in [6, 6.07) is 11.3. The summed E-state index contributed by atoms with van der Waals surface area (Å²) in [6.45, 7) is 1.49. The second-order valence-electron chi connectivity index (χ2n) is 6.17. The van der Waals surface area contributed by atoms with Crippen LogP contribution in [0.4, 0.5) is 0 Å². The number of hydrogen-bond acceptors (Lipinski definition) is 5. The van der Waals surface area contributed by atoms with Crippen molar-refractivity contribution in [3.05, 3.63) is 66.1 Å². The Morgan fingerprint density at radius 1 is 1.25 bits per heavy atom. The first-order valence-corrected chi connectivity index (χ1v) is 8.95. The summed E-state index contributed by atoms with van der Waals surface area (Å²) in [7, 11) is 1.63. The van der Waals surface area contributed by atoms with E-state index in [1.807, 2.05) is 30.5 Å². The number of aromatic amines is 1. The lowest BCUT2D eigenvalue weighted by atomic mass is 10.1. The predicted molar refractivity (Wildman–Crippen MR) is 111 cm³/mol. The molecule has 7 nitrogen and oxygen atoms in total. The number of benzene rings is 1. The van der Waals surface area contributed by atoms with Crippen LogP contribution >= 0.6 is 0 Å². The number of carbonyl (C=O) groups excluding carboxylic acids is 1. The number of carbonyl (C=O) groups is 1. The Balaban J connectivity index is 1.64. The maximum absolute atomic E-state index is 12.4. The van der Waals surface area contributed by atoms with Crippen molar-refractivity contribution < 1.29 is 9.53 Å². The molecule has 0 spiro atoms. The molecule has 0 radical (unpaired) electrons. The zero-order chi connectivity index (χ0) is 19.8. The van der Waals surface area contributed by atoms with E-state index in [2.05, 4.69) is 20.6 Å². The molecule has 0 aliphatic rings. The standard InChI is InChI=1S/C21H23N5O2/c1-28-11-10-23-13-15(12-22)14-26-21(27)17-4-2-16(3-5-17)20-18-6-8-24-19(18)7-9-25-20/h2-9,12-13,22-24H,10-11,14H2,1H3,(H,26,27)/b15-13+,22-12?. The van der Waals surface area contributed by atoms with Crippen LogP contribution in [0.15, 0.2) is 60.6 Å². The minimum atomic E-state index is -0.191. The van der Waals surface area contributed by atoms with Crippen molar-refractivity contribution in [3.63, 3.8) is 0 Å². The van der Waals surface area contributed by atoms with E-state index in [1.165, 1.54) is 6.21 Å². The van der Waals surface area contributed by atoms with Gasteiger partial charge in [-0.3, -0.25) is 9.78 Å². The Kier molecular flexibility index (Phi) is 6.54.